The molecule has 0 unspecified atom stereocenters. The van der Waals surface area contributed by atoms with Crippen LogP contribution < -0.4 is 11.3 Å². The molecule has 2 heterocycles. The van der Waals surface area contributed by atoms with Gasteiger partial charge in [-0.25, -0.2) is 4.98 Å². The standard InChI is InChI=1S/C21H22N4O3S/c1-24-20(28)15-10-13-6-2-3-7-14(13)11-16(15)23-21(24)29-12-18(26)25-9-5-4-8-17(25)19(22)27/h2-3,6-7,10-11,17H,4-5,8-9,12H2,1H3,(H2,22,27)/t17-/m0/s1. The van der Waals surface area contributed by atoms with Crippen molar-refractivity contribution in [3.05, 3.63) is 46.8 Å². The van der Waals surface area contributed by atoms with E-state index >= 15 is 0 Å². The summed E-state index contributed by atoms with van der Waals surface area (Å²) in [7, 11) is 1.66. The zero-order valence-corrected chi connectivity index (χ0v) is 16.9. The molecule has 1 aromatic heterocycles. The highest BCUT2D eigenvalue weighted by Crippen LogP contribution is 2.24. The van der Waals surface area contributed by atoms with Gasteiger partial charge in [0.1, 0.15) is 6.04 Å². The predicted molar refractivity (Wildman–Crippen MR) is 114 cm³/mol. The van der Waals surface area contributed by atoms with Crippen LogP contribution in [-0.2, 0) is 16.6 Å². The second-order valence-electron chi connectivity index (χ2n) is 7.26. The maximum Gasteiger partial charge on any atom is 0.261 e. The number of rotatable bonds is 4. The fourth-order valence-electron chi connectivity index (χ4n) is 3.80. The van der Waals surface area contributed by atoms with E-state index in [1.54, 1.807) is 11.9 Å². The molecule has 1 saturated heterocycles. The van der Waals surface area contributed by atoms with E-state index in [9.17, 15) is 14.4 Å². The van der Waals surface area contributed by atoms with Crippen LogP contribution in [0.2, 0.25) is 0 Å². The van der Waals surface area contributed by atoms with Crippen molar-refractivity contribution in [1.29, 1.82) is 0 Å². The lowest BCUT2D eigenvalue weighted by Gasteiger charge is -2.33. The Kier molecular flexibility index (Phi) is 5.27. The molecular weight excluding hydrogens is 388 g/mol. The Hall–Kier alpha value is -2.87. The summed E-state index contributed by atoms with van der Waals surface area (Å²) in [5.41, 5.74) is 5.91. The summed E-state index contributed by atoms with van der Waals surface area (Å²) in [5, 5.41) is 3.01. The summed E-state index contributed by atoms with van der Waals surface area (Å²) in [6.07, 6.45) is 2.35. The highest BCUT2D eigenvalue weighted by atomic mass is 32.2. The first-order valence-corrected chi connectivity index (χ1v) is 10.6. The Balaban J connectivity index is 1.61. The number of nitrogens with zero attached hydrogens (tertiary/aromatic N) is 3. The summed E-state index contributed by atoms with van der Waals surface area (Å²) in [4.78, 5) is 43.4. The van der Waals surface area contributed by atoms with Crippen molar-refractivity contribution < 1.29 is 9.59 Å². The highest BCUT2D eigenvalue weighted by Gasteiger charge is 2.30. The average Bonchev–Trinajstić information content (AvgIpc) is 2.74. The van der Waals surface area contributed by atoms with Crippen LogP contribution in [0.4, 0.5) is 0 Å². The third-order valence-corrected chi connectivity index (χ3v) is 6.39. The predicted octanol–water partition coefficient (Wildman–Crippen LogP) is 2.05. The molecule has 4 rings (SSSR count). The molecule has 0 aliphatic carbocycles. The largest absolute Gasteiger partial charge is 0.368 e. The maximum absolute atomic E-state index is 12.8. The molecule has 0 spiro atoms. The van der Waals surface area contributed by atoms with Gasteiger partial charge < -0.3 is 10.6 Å². The fourth-order valence-corrected chi connectivity index (χ4v) is 4.66. The van der Waals surface area contributed by atoms with Crippen molar-refractivity contribution in [3.63, 3.8) is 0 Å². The van der Waals surface area contributed by atoms with Gasteiger partial charge in [-0.05, 0) is 42.2 Å². The minimum absolute atomic E-state index is 0.100. The van der Waals surface area contributed by atoms with Crippen LogP contribution in [0.5, 0.6) is 0 Å². The highest BCUT2D eigenvalue weighted by molar-refractivity contribution is 7.99. The molecule has 0 saturated carbocycles. The van der Waals surface area contributed by atoms with Gasteiger partial charge in [-0.3, -0.25) is 19.0 Å². The number of fused-ring (bicyclic) bond motifs is 2. The molecule has 3 aromatic rings. The maximum atomic E-state index is 12.8. The molecule has 0 bridgehead atoms. The molecule has 2 amide bonds. The summed E-state index contributed by atoms with van der Waals surface area (Å²) in [5.74, 6) is -0.527. The van der Waals surface area contributed by atoms with E-state index < -0.39 is 11.9 Å². The third-order valence-electron chi connectivity index (χ3n) is 5.38. The number of amides is 2. The van der Waals surface area contributed by atoms with Crippen LogP contribution in [0, 0.1) is 0 Å². The summed E-state index contributed by atoms with van der Waals surface area (Å²) >= 11 is 1.21. The molecule has 1 fully saturated rings. The second kappa shape index (κ2) is 7.87. The molecule has 0 radical (unpaired) electrons. The first-order valence-electron chi connectivity index (χ1n) is 9.57. The van der Waals surface area contributed by atoms with Gasteiger partial charge >= 0.3 is 0 Å². The Morgan fingerprint density at radius 3 is 2.66 bits per heavy atom. The van der Waals surface area contributed by atoms with E-state index in [-0.39, 0.29) is 17.2 Å². The van der Waals surface area contributed by atoms with Crippen molar-refractivity contribution in [2.24, 2.45) is 12.8 Å². The Labute approximate surface area is 171 Å². The van der Waals surface area contributed by atoms with E-state index in [1.165, 1.54) is 16.3 Å². The van der Waals surface area contributed by atoms with E-state index in [2.05, 4.69) is 4.98 Å². The van der Waals surface area contributed by atoms with Crippen LogP contribution in [0.3, 0.4) is 0 Å². The van der Waals surface area contributed by atoms with Crippen LogP contribution in [0.1, 0.15) is 19.3 Å². The Bertz CT molecular complexity index is 1170. The first-order chi connectivity index (χ1) is 14.0. The van der Waals surface area contributed by atoms with Gasteiger partial charge in [-0.1, -0.05) is 36.0 Å². The lowest BCUT2D eigenvalue weighted by Crippen LogP contribution is -2.51. The van der Waals surface area contributed by atoms with Crippen LogP contribution in [-0.4, -0.2) is 44.6 Å². The number of primary amides is 1. The molecule has 150 valence electrons. The van der Waals surface area contributed by atoms with Crippen molar-refractivity contribution >= 4 is 45.3 Å². The molecule has 1 aliphatic heterocycles. The molecule has 1 atom stereocenters. The topological polar surface area (TPSA) is 98.3 Å². The molecule has 29 heavy (non-hydrogen) atoms. The summed E-state index contributed by atoms with van der Waals surface area (Å²) in [6.45, 7) is 0.531. The van der Waals surface area contributed by atoms with E-state index in [4.69, 9.17) is 5.73 Å². The lowest BCUT2D eigenvalue weighted by molar-refractivity contribution is -0.138. The molecular formula is C21H22N4O3S. The first kappa shape index (κ1) is 19.4. The number of piperidine rings is 1. The molecule has 2 aromatic carbocycles. The third kappa shape index (κ3) is 3.72. The SMILES string of the molecule is Cn1c(SCC(=O)N2CCCC[C@H]2C(N)=O)nc2cc3ccccc3cc2c1=O. The van der Waals surface area contributed by atoms with Gasteiger partial charge in [-0.2, -0.15) is 0 Å². The van der Waals surface area contributed by atoms with Crippen molar-refractivity contribution in [1.82, 2.24) is 14.5 Å². The zero-order chi connectivity index (χ0) is 20.5. The number of hydrogen-bond donors (Lipinski definition) is 1. The quantitative estimate of drug-likeness (QED) is 0.403. The number of hydrogen-bond acceptors (Lipinski definition) is 5. The van der Waals surface area contributed by atoms with Crippen molar-refractivity contribution in [2.75, 3.05) is 12.3 Å². The van der Waals surface area contributed by atoms with Gasteiger partial charge in [-0.15, -0.1) is 0 Å². The lowest BCUT2D eigenvalue weighted by atomic mass is 10.0. The van der Waals surface area contributed by atoms with Gasteiger partial charge in [0.05, 0.1) is 16.7 Å². The van der Waals surface area contributed by atoms with E-state index in [1.807, 2.05) is 36.4 Å². The van der Waals surface area contributed by atoms with Gasteiger partial charge in [0.2, 0.25) is 11.8 Å². The molecule has 8 heteroatoms. The monoisotopic (exact) mass is 410 g/mol. The molecule has 2 N–H and O–H groups in total. The average molecular weight is 410 g/mol. The van der Waals surface area contributed by atoms with Crippen LogP contribution in [0.25, 0.3) is 21.7 Å². The van der Waals surface area contributed by atoms with Crippen LogP contribution >= 0.6 is 11.8 Å². The number of benzene rings is 2. The number of thioether (sulfide) groups is 1. The number of likely N-dealkylation sites (tertiary alicyclic amines) is 1. The van der Waals surface area contributed by atoms with E-state index in [0.29, 0.717) is 29.0 Å². The van der Waals surface area contributed by atoms with Crippen LogP contribution in [0.15, 0.2) is 46.3 Å². The summed E-state index contributed by atoms with van der Waals surface area (Å²) in [6, 6.07) is 11.0. The van der Waals surface area contributed by atoms with Crippen molar-refractivity contribution in [2.45, 2.75) is 30.5 Å². The summed E-state index contributed by atoms with van der Waals surface area (Å²) < 4.78 is 1.47. The number of nitrogens with two attached hydrogens (primary N) is 1. The fraction of sp³-hybridized carbons (Fsp3) is 0.333. The Morgan fingerprint density at radius 1 is 1.21 bits per heavy atom. The smallest absolute Gasteiger partial charge is 0.261 e. The van der Waals surface area contributed by atoms with Crippen molar-refractivity contribution in [3.8, 4) is 0 Å². The zero-order valence-electron chi connectivity index (χ0n) is 16.1. The van der Waals surface area contributed by atoms with Gasteiger partial charge in [0.25, 0.3) is 5.56 Å². The normalized spacial score (nSPS) is 17.0. The minimum atomic E-state index is -0.545. The Morgan fingerprint density at radius 2 is 1.93 bits per heavy atom. The number of aromatic nitrogens is 2. The number of carbonyl (C=O) groups excluding carboxylic acids is 2. The van der Waals surface area contributed by atoms with E-state index in [0.717, 1.165) is 23.6 Å². The van der Waals surface area contributed by atoms with Gasteiger partial charge in [0, 0.05) is 13.6 Å². The van der Waals surface area contributed by atoms with Gasteiger partial charge in [0.15, 0.2) is 5.16 Å². The molecule has 1 aliphatic rings. The minimum Gasteiger partial charge on any atom is -0.368 e. The molecule has 7 nitrogen and oxygen atoms in total. The number of carbonyl (C=O) groups is 2. The second-order valence-corrected chi connectivity index (χ2v) is 8.21.